The third kappa shape index (κ3) is 4.02. The van der Waals surface area contributed by atoms with Crippen molar-refractivity contribution in [2.75, 3.05) is 26.8 Å². The molecule has 1 aliphatic heterocycles. The fraction of sp³-hybridized carbons (Fsp3) is 0.533. The van der Waals surface area contributed by atoms with Crippen LogP contribution in [0.1, 0.15) is 28.8 Å². The van der Waals surface area contributed by atoms with Crippen molar-refractivity contribution in [2.24, 2.45) is 5.92 Å². The number of ether oxygens (including phenoxy) is 1. The van der Waals surface area contributed by atoms with E-state index in [1.165, 1.54) is 6.07 Å². The van der Waals surface area contributed by atoms with Gasteiger partial charge in [0, 0.05) is 20.3 Å². The summed E-state index contributed by atoms with van der Waals surface area (Å²) in [6.07, 6.45) is 2.13. The summed E-state index contributed by atoms with van der Waals surface area (Å²) >= 11 is 0. The summed E-state index contributed by atoms with van der Waals surface area (Å²) in [5.74, 6) is -0.989. The molecule has 5 heteroatoms. The van der Waals surface area contributed by atoms with Gasteiger partial charge in [-0.25, -0.2) is 9.18 Å². The van der Waals surface area contributed by atoms with E-state index in [9.17, 15) is 9.18 Å². The molecule has 0 spiro atoms. The number of carbonyl (C=O) groups is 1. The van der Waals surface area contributed by atoms with Crippen LogP contribution in [-0.2, 0) is 11.3 Å². The predicted molar refractivity (Wildman–Crippen MR) is 73.2 cm³/mol. The summed E-state index contributed by atoms with van der Waals surface area (Å²) in [6.45, 7) is 3.26. The van der Waals surface area contributed by atoms with E-state index < -0.39 is 11.8 Å². The van der Waals surface area contributed by atoms with Crippen LogP contribution >= 0.6 is 0 Å². The third-order valence-corrected chi connectivity index (χ3v) is 3.72. The number of rotatable bonds is 5. The maximum absolute atomic E-state index is 13.4. The van der Waals surface area contributed by atoms with Gasteiger partial charge < -0.3 is 9.84 Å². The minimum Gasteiger partial charge on any atom is -0.478 e. The molecule has 20 heavy (non-hydrogen) atoms. The molecule has 0 bridgehead atoms. The van der Waals surface area contributed by atoms with Crippen molar-refractivity contribution in [1.82, 2.24) is 4.90 Å². The Hall–Kier alpha value is -1.46. The molecule has 1 fully saturated rings. The smallest absolute Gasteiger partial charge is 0.335 e. The fourth-order valence-corrected chi connectivity index (χ4v) is 2.67. The zero-order valence-corrected chi connectivity index (χ0v) is 11.6. The fourth-order valence-electron chi connectivity index (χ4n) is 2.67. The Morgan fingerprint density at radius 3 is 2.70 bits per heavy atom. The SMILES string of the molecule is COCC1CCN(Cc2cc(F)cc(C(=O)O)c2)CC1. The number of aromatic carboxylic acids is 1. The molecule has 2 rings (SSSR count). The molecule has 0 radical (unpaired) electrons. The van der Waals surface area contributed by atoms with Gasteiger partial charge in [0.15, 0.2) is 0 Å². The Kier molecular flexibility index (Phi) is 5.09. The molecule has 1 aromatic carbocycles. The first kappa shape index (κ1) is 14.9. The highest BCUT2D eigenvalue weighted by molar-refractivity contribution is 5.87. The first-order chi connectivity index (χ1) is 9.58. The van der Waals surface area contributed by atoms with E-state index in [0.717, 1.165) is 38.6 Å². The minimum absolute atomic E-state index is 0.00858. The third-order valence-electron chi connectivity index (χ3n) is 3.72. The van der Waals surface area contributed by atoms with E-state index in [2.05, 4.69) is 4.90 Å². The van der Waals surface area contributed by atoms with Gasteiger partial charge in [0.1, 0.15) is 5.82 Å². The number of carboxylic acid groups (broad SMARTS) is 1. The van der Waals surface area contributed by atoms with Gasteiger partial charge in [-0.1, -0.05) is 0 Å². The van der Waals surface area contributed by atoms with Crippen molar-refractivity contribution in [2.45, 2.75) is 19.4 Å². The number of hydrogen-bond donors (Lipinski definition) is 1. The monoisotopic (exact) mass is 281 g/mol. The summed E-state index contributed by atoms with van der Waals surface area (Å²) in [4.78, 5) is 13.1. The lowest BCUT2D eigenvalue weighted by atomic mass is 9.97. The minimum atomic E-state index is -1.09. The molecule has 0 unspecified atom stereocenters. The van der Waals surface area contributed by atoms with Crippen molar-refractivity contribution >= 4 is 5.97 Å². The molecule has 0 atom stereocenters. The van der Waals surface area contributed by atoms with Gasteiger partial charge in [-0.15, -0.1) is 0 Å². The zero-order valence-electron chi connectivity index (χ0n) is 11.6. The van der Waals surface area contributed by atoms with E-state index in [1.54, 1.807) is 13.2 Å². The number of hydrogen-bond acceptors (Lipinski definition) is 3. The average Bonchev–Trinajstić information content (AvgIpc) is 2.40. The van der Waals surface area contributed by atoms with Gasteiger partial charge in [-0.05, 0) is 55.6 Å². The second-order valence-corrected chi connectivity index (χ2v) is 5.33. The molecule has 0 amide bonds. The number of likely N-dealkylation sites (tertiary alicyclic amines) is 1. The summed E-state index contributed by atoms with van der Waals surface area (Å²) in [6, 6.07) is 4.01. The van der Waals surface area contributed by atoms with Crippen LogP contribution in [0.4, 0.5) is 4.39 Å². The molecule has 1 N–H and O–H groups in total. The Balaban J connectivity index is 1.96. The van der Waals surface area contributed by atoms with Crippen molar-refractivity contribution < 1.29 is 19.0 Å². The van der Waals surface area contributed by atoms with E-state index in [-0.39, 0.29) is 5.56 Å². The van der Waals surface area contributed by atoms with Crippen molar-refractivity contribution in [3.63, 3.8) is 0 Å². The number of piperidine rings is 1. The van der Waals surface area contributed by atoms with Crippen LogP contribution in [-0.4, -0.2) is 42.8 Å². The second kappa shape index (κ2) is 6.81. The van der Waals surface area contributed by atoms with E-state index >= 15 is 0 Å². The topological polar surface area (TPSA) is 49.8 Å². The molecule has 1 aromatic rings. The standard InChI is InChI=1S/C15H20FNO3/c1-20-10-11-2-4-17(5-3-11)9-12-6-13(15(18)19)8-14(16)7-12/h6-8,11H,2-5,9-10H2,1H3,(H,18,19). The zero-order chi connectivity index (χ0) is 14.5. The Bertz CT molecular complexity index is 470. The van der Waals surface area contributed by atoms with Gasteiger partial charge in [-0.2, -0.15) is 0 Å². The lowest BCUT2D eigenvalue weighted by Gasteiger charge is -2.31. The van der Waals surface area contributed by atoms with Crippen molar-refractivity contribution in [3.05, 3.63) is 35.1 Å². The Morgan fingerprint density at radius 1 is 1.40 bits per heavy atom. The predicted octanol–water partition coefficient (Wildman–Crippen LogP) is 2.38. The van der Waals surface area contributed by atoms with Crippen LogP contribution < -0.4 is 0 Å². The molecule has 1 saturated heterocycles. The number of methoxy groups -OCH3 is 1. The maximum Gasteiger partial charge on any atom is 0.335 e. The Morgan fingerprint density at radius 2 is 2.10 bits per heavy atom. The van der Waals surface area contributed by atoms with Gasteiger partial charge in [0.05, 0.1) is 5.56 Å². The number of halogens is 1. The molecule has 0 aliphatic carbocycles. The number of carboxylic acids is 1. The number of benzene rings is 1. The molecule has 110 valence electrons. The van der Waals surface area contributed by atoms with E-state index in [0.29, 0.717) is 18.0 Å². The maximum atomic E-state index is 13.4. The highest BCUT2D eigenvalue weighted by Crippen LogP contribution is 2.20. The summed E-state index contributed by atoms with van der Waals surface area (Å²) < 4.78 is 18.6. The first-order valence-corrected chi connectivity index (χ1v) is 6.82. The van der Waals surface area contributed by atoms with Gasteiger partial charge in [0.2, 0.25) is 0 Å². The molecule has 4 nitrogen and oxygen atoms in total. The van der Waals surface area contributed by atoms with Gasteiger partial charge >= 0.3 is 5.97 Å². The summed E-state index contributed by atoms with van der Waals surface area (Å²) in [7, 11) is 1.71. The van der Waals surface area contributed by atoms with Crippen LogP contribution in [0, 0.1) is 11.7 Å². The normalized spacial score (nSPS) is 17.3. The van der Waals surface area contributed by atoms with Crippen LogP contribution in [0.2, 0.25) is 0 Å². The van der Waals surface area contributed by atoms with Crippen molar-refractivity contribution in [3.8, 4) is 0 Å². The first-order valence-electron chi connectivity index (χ1n) is 6.82. The average molecular weight is 281 g/mol. The van der Waals surface area contributed by atoms with Gasteiger partial charge in [-0.3, -0.25) is 4.90 Å². The lowest BCUT2D eigenvalue weighted by molar-refractivity contribution is 0.0696. The quantitative estimate of drug-likeness (QED) is 0.900. The Labute approximate surface area is 118 Å². The van der Waals surface area contributed by atoms with Crippen molar-refractivity contribution in [1.29, 1.82) is 0 Å². The molecule has 1 heterocycles. The van der Waals surface area contributed by atoms with Crippen LogP contribution in [0.15, 0.2) is 18.2 Å². The summed E-state index contributed by atoms with van der Waals surface area (Å²) in [5, 5.41) is 8.94. The molecule has 0 saturated carbocycles. The molecular formula is C15H20FNO3. The summed E-state index contributed by atoms with van der Waals surface area (Å²) in [5.41, 5.74) is 0.724. The largest absolute Gasteiger partial charge is 0.478 e. The highest BCUT2D eigenvalue weighted by Gasteiger charge is 2.19. The lowest BCUT2D eigenvalue weighted by Crippen LogP contribution is -2.34. The van der Waals surface area contributed by atoms with Crippen LogP contribution in [0.25, 0.3) is 0 Å². The van der Waals surface area contributed by atoms with E-state index in [1.807, 2.05) is 0 Å². The van der Waals surface area contributed by atoms with E-state index in [4.69, 9.17) is 9.84 Å². The molecule has 0 aromatic heterocycles. The van der Waals surface area contributed by atoms with Crippen LogP contribution in [0.3, 0.4) is 0 Å². The second-order valence-electron chi connectivity index (χ2n) is 5.33. The van der Waals surface area contributed by atoms with Crippen LogP contribution in [0.5, 0.6) is 0 Å². The molecular weight excluding hydrogens is 261 g/mol. The highest BCUT2D eigenvalue weighted by atomic mass is 19.1. The number of nitrogens with zero attached hydrogens (tertiary/aromatic N) is 1. The molecule has 1 aliphatic rings. The van der Waals surface area contributed by atoms with Gasteiger partial charge in [0.25, 0.3) is 0 Å².